The van der Waals surface area contributed by atoms with E-state index in [0.29, 0.717) is 18.7 Å². The summed E-state index contributed by atoms with van der Waals surface area (Å²) < 4.78 is 14.2. The molecule has 0 radical (unpaired) electrons. The third kappa shape index (κ3) is 4.20. The quantitative estimate of drug-likeness (QED) is 0.874. The van der Waals surface area contributed by atoms with Crippen LogP contribution in [0.2, 0.25) is 0 Å². The van der Waals surface area contributed by atoms with E-state index in [2.05, 4.69) is 21.2 Å². The molecule has 1 rings (SSSR count). The van der Waals surface area contributed by atoms with Crippen LogP contribution in [0.25, 0.3) is 0 Å². The van der Waals surface area contributed by atoms with Crippen LogP contribution in [0.3, 0.4) is 0 Å². The zero-order valence-electron chi connectivity index (χ0n) is 9.50. The van der Waals surface area contributed by atoms with Gasteiger partial charge in [0.2, 0.25) is 0 Å². The maximum Gasteiger partial charge on any atom is 0.127 e. The van der Waals surface area contributed by atoms with Gasteiger partial charge in [0.05, 0.1) is 6.10 Å². The molecule has 0 aliphatic heterocycles. The van der Waals surface area contributed by atoms with E-state index < -0.39 is 6.10 Å². The molecule has 0 saturated carbocycles. The Morgan fingerprint density at radius 2 is 2.12 bits per heavy atom. The molecule has 1 atom stereocenters. The molecule has 0 saturated heterocycles. The van der Waals surface area contributed by atoms with Crippen molar-refractivity contribution in [2.75, 3.05) is 6.54 Å². The van der Waals surface area contributed by atoms with Gasteiger partial charge in [-0.15, -0.1) is 0 Å². The van der Waals surface area contributed by atoms with E-state index in [1.165, 1.54) is 6.07 Å². The molecule has 0 amide bonds. The summed E-state index contributed by atoms with van der Waals surface area (Å²) in [6.07, 6.45) is -0.393. The van der Waals surface area contributed by atoms with Crippen molar-refractivity contribution >= 4 is 15.9 Å². The Bertz CT molecular complexity index is 344. The van der Waals surface area contributed by atoms with Crippen LogP contribution >= 0.6 is 15.9 Å². The van der Waals surface area contributed by atoms with E-state index in [9.17, 15) is 9.50 Å². The van der Waals surface area contributed by atoms with Gasteiger partial charge in [0.25, 0.3) is 0 Å². The lowest BCUT2D eigenvalue weighted by atomic mass is 10.1. The summed E-state index contributed by atoms with van der Waals surface area (Å²) in [6, 6.07) is 4.84. The molecule has 1 aromatic carbocycles. The Morgan fingerprint density at radius 1 is 1.44 bits per heavy atom. The van der Waals surface area contributed by atoms with Crippen molar-refractivity contribution in [3.05, 3.63) is 34.1 Å². The predicted octanol–water partition coefficient (Wildman–Crippen LogP) is 2.69. The monoisotopic (exact) mass is 289 g/mol. The molecular weight excluding hydrogens is 273 g/mol. The molecule has 4 heteroatoms. The third-order valence-corrected chi connectivity index (χ3v) is 2.94. The van der Waals surface area contributed by atoms with Gasteiger partial charge in [0.15, 0.2) is 0 Å². The van der Waals surface area contributed by atoms with Crippen molar-refractivity contribution in [1.29, 1.82) is 0 Å². The van der Waals surface area contributed by atoms with Gasteiger partial charge in [0, 0.05) is 23.1 Å². The van der Waals surface area contributed by atoms with Crippen LogP contribution in [0.4, 0.5) is 4.39 Å². The van der Waals surface area contributed by atoms with Crippen LogP contribution < -0.4 is 5.32 Å². The fourth-order valence-electron chi connectivity index (χ4n) is 1.27. The summed E-state index contributed by atoms with van der Waals surface area (Å²) in [5.74, 6) is -0.0189. The number of aliphatic hydroxyl groups excluding tert-OH is 1. The van der Waals surface area contributed by atoms with E-state index in [1.54, 1.807) is 12.1 Å². The van der Waals surface area contributed by atoms with E-state index in [1.807, 2.05) is 13.8 Å². The van der Waals surface area contributed by atoms with Crippen molar-refractivity contribution in [2.24, 2.45) is 5.92 Å². The summed E-state index contributed by atoms with van der Waals surface area (Å²) in [6.45, 7) is 4.80. The first-order valence-electron chi connectivity index (χ1n) is 5.33. The highest BCUT2D eigenvalue weighted by molar-refractivity contribution is 9.10. The number of hydrogen-bond acceptors (Lipinski definition) is 2. The number of nitrogens with one attached hydrogen (secondary N) is 1. The van der Waals surface area contributed by atoms with Crippen molar-refractivity contribution in [2.45, 2.75) is 26.5 Å². The fraction of sp³-hybridized carbons (Fsp3) is 0.500. The molecule has 0 fully saturated rings. The first-order chi connectivity index (χ1) is 7.50. The first-order valence-corrected chi connectivity index (χ1v) is 6.12. The molecule has 0 heterocycles. The largest absolute Gasteiger partial charge is 0.392 e. The maximum absolute atomic E-state index is 13.3. The van der Waals surface area contributed by atoms with Gasteiger partial charge >= 0.3 is 0 Å². The molecule has 0 spiro atoms. The van der Waals surface area contributed by atoms with Crippen LogP contribution in [0.5, 0.6) is 0 Å². The van der Waals surface area contributed by atoms with Gasteiger partial charge in [-0.3, -0.25) is 0 Å². The van der Waals surface area contributed by atoms with Crippen molar-refractivity contribution in [3.8, 4) is 0 Å². The lowest BCUT2D eigenvalue weighted by molar-refractivity contribution is 0.123. The molecule has 2 nitrogen and oxygen atoms in total. The van der Waals surface area contributed by atoms with Gasteiger partial charge in [0.1, 0.15) is 5.82 Å². The van der Waals surface area contributed by atoms with E-state index in [0.717, 1.165) is 4.47 Å². The number of hydrogen-bond donors (Lipinski definition) is 2. The smallest absolute Gasteiger partial charge is 0.127 e. The number of benzene rings is 1. The van der Waals surface area contributed by atoms with Crippen molar-refractivity contribution in [1.82, 2.24) is 5.32 Å². The van der Waals surface area contributed by atoms with Crippen LogP contribution in [-0.4, -0.2) is 17.8 Å². The van der Waals surface area contributed by atoms with Crippen LogP contribution in [-0.2, 0) is 6.54 Å². The minimum absolute atomic E-state index is 0.208. The van der Waals surface area contributed by atoms with Crippen LogP contribution in [0.15, 0.2) is 22.7 Å². The summed E-state index contributed by atoms with van der Waals surface area (Å²) in [5.41, 5.74) is 0.602. The fourth-order valence-corrected chi connectivity index (χ4v) is 1.68. The van der Waals surface area contributed by atoms with Gasteiger partial charge in [-0.1, -0.05) is 29.8 Å². The van der Waals surface area contributed by atoms with Crippen molar-refractivity contribution < 1.29 is 9.50 Å². The highest BCUT2D eigenvalue weighted by Gasteiger charge is 2.09. The zero-order chi connectivity index (χ0) is 12.1. The highest BCUT2D eigenvalue weighted by atomic mass is 79.9. The summed E-state index contributed by atoms with van der Waals surface area (Å²) >= 11 is 3.30. The Hall–Kier alpha value is -0.450. The Morgan fingerprint density at radius 3 is 2.75 bits per heavy atom. The second kappa shape index (κ2) is 6.33. The molecule has 16 heavy (non-hydrogen) atoms. The second-order valence-corrected chi connectivity index (χ2v) is 5.09. The Labute approximate surface area is 104 Å². The Kier molecular flexibility index (Phi) is 5.38. The summed E-state index contributed by atoms with van der Waals surface area (Å²) in [4.78, 5) is 0. The number of halogens is 2. The van der Waals surface area contributed by atoms with Gasteiger partial charge in [-0.05, 0) is 24.1 Å². The highest BCUT2D eigenvalue weighted by Crippen LogP contribution is 2.15. The molecule has 0 bridgehead atoms. The Balaban J connectivity index is 2.45. The normalized spacial score (nSPS) is 13.1. The molecule has 90 valence electrons. The minimum Gasteiger partial charge on any atom is -0.392 e. The van der Waals surface area contributed by atoms with Gasteiger partial charge < -0.3 is 10.4 Å². The molecule has 1 aromatic rings. The maximum atomic E-state index is 13.3. The summed E-state index contributed by atoms with van der Waals surface area (Å²) in [5, 5.41) is 12.6. The van der Waals surface area contributed by atoms with Crippen molar-refractivity contribution in [3.63, 3.8) is 0 Å². The van der Waals surface area contributed by atoms with E-state index >= 15 is 0 Å². The molecule has 1 unspecified atom stereocenters. The third-order valence-electron chi connectivity index (χ3n) is 2.45. The SMILES string of the molecule is CC(C)C(O)CNCc1cc(Br)ccc1F. The molecular formula is C12H17BrFNO. The van der Waals surface area contributed by atoms with Gasteiger partial charge in [-0.25, -0.2) is 4.39 Å². The van der Waals surface area contributed by atoms with E-state index in [4.69, 9.17) is 0 Å². The predicted molar refractivity (Wildman–Crippen MR) is 66.7 cm³/mol. The second-order valence-electron chi connectivity index (χ2n) is 4.18. The van der Waals surface area contributed by atoms with Crippen LogP contribution in [0, 0.1) is 11.7 Å². The topological polar surface area (TPSA) is 32.3 Å². The standard InChI is InChI=1S/C12H17BrFNO/c1-8(2)12(16)7-15-6-9-5-10(13)3-4-11(9)14/h3-5,8,12,15-16H,6-7H2,1-2H3. The lowest BCUT2D eigenvalue weighted by Gasteiger charge is -2.15. The molecule has 0 aliphatic rings. The van der Waals surface area contributed by atoms with Crippen LogP contribution in [0.1, 0.15) is 19.4 Å². The van der Waals surface area contributed by atoms with E-state index in [-0.39, 0.29) is 11.7 Å². The summed E-state index contributed by atoms with van der Waals surface area (Å²) in [7, 11) is 0. The molecule has 0 aliphatic carbocycles. The van der Waals surface area contributed by atoms with Gasteiger partial charge in [-0.2, -0.15) is 0 Å². The number of rotatable bonds is 5. The average molecular weight is 290 g/mol. The molecule has 2 N–H and O–H groups in total. The first kappa shape index (κ1) is 13.6. The zero-order valence-corrected chi connectivity index (χ0v) is 11.1. The average Bonchev–Trinajstić information content (AvgIpc) is 2.22. The lowest BCUT2D eigenvalue weighted by Crippen LogP contribution is -2.30. The minimum atomic E-state index is -0.393. The number of aliphatic hydroxyl groups is 1. The molecule has 0 aromatic heterocycles.